The van der Waals surface area contributed by atoms with E-state index in [9.17, 15) is 18.0 Å². The summed E-state index contributed by atoms with van der Waals surface area (Å²) < 4.78 is 27.5. The molecular formula is C20H23N3O4S2. The summed E-state index contributed by atoms with van der Waals surface area (Å²) in [5.74, 6) is -0.229. The highest BCUT2D eigenvalue weighted by Crippen LogP contribution is 2.29. The van der Waals surface area contributed by atoms with E-state index in [0.29, 0.717) is 51.0 Å². The molecule has 0 spiro atoms. The van der Waals surface area contributed by atoms with Crippen LogP contribution in [0.4, 0.5) is 5.69 Å². The molecule has 0 unspecified atom stereocenters. The Morgan fingerprint density at radius 3 is 2.72 bits per heavy atom. The molecule has 1 fully saturated rings. The van der Waals surface area contributed by atoms with E-state index in [-0.39, 0.29) is 22.6 Å². The zero-order chi connectivity index (χ0) is 20.4. The van der Waals surface area contributed by atoms with Crippen molar-refractivity contribution in [2.75, 3.05) is 18.4 Å². The number of carbonyl (C=O) groups excluding carboxylic acids is 2. The van der Waals surface area contributed by atoms with Gasteiger partial charge in [-0.3, -0.25) is 9.59 Å². The third kappa shape index (κ3) is 4.36. The highest BCUT2D eigenvalue weighted by Gasteiger charge is 2.32. The molecule has 0 atom stereocenters. The van der Waals surface area contributed by atoms with E-state index >= 15 is 0 Å². The maximum Gasteiger partial charge on any atom is 0.243 e. The molecule has 0 bridgehead atoms. The van der Waals surface area contributed by atoms with Crippen LogP contribution < -0.4 is 10.6 Å². The van der Waals surface area contributed by atoms with Crippen LogP contribution in [-0.4, -0.2) is 37.6 Å². The quantitative estimate of drug-likeness (QED) is 0.757. The zero-order valence-corrected chi connectivity index (χ0v) is 17.5. The van der Waals surface area contributed by atoms with E-state index < -0.39 is 10.0 Å². The number of fused-ring (bicyclic) bond motifs is 1. The molecule has 2 N–H and O–H groups in total. The molecular weight excluding hydrogens is 410 g/mol. The molecule has 29 heavy (non-hydrogen) atoms. The van der Waals surface area contributed by atoms with Crippen LogP contribution in [0.3, 0.4) is 0 Å². The molecule has 1 aromatic carbocycles. The predicted molar refractivity (Wildman–Crippen MR) is 111 cm³/mol. The fourth-order valence-corrected chi connectivity index (χ4v) is 5.92. The molecule has 0 radical (unpaired) electrons. The van der Waals surface area contributed by atoms with Crippen molar-refractivity contribution in [3.8, 4) is 0 Å². The Balaban J connectivity index is 1.37. The minimum Gasteiger partial charge on any atom is -0.351 e. The first kappa shape index (κ1) is 20.1. The maximum absolute atomic E-state index is 13.0. The molecule has 3 heterocycles. The second-order valence-corrected chi connectivity index (χ2v) is 10.3. The van der Waals surface area contributed by atoms with Gasteiger partial charge in [-0.1, -0.05) is 6.07 Å². The molecule has 2 aliphatic rings. The minimum atomic E-state index is -3.62. The van der Waals surface area contributed by atoms with Gasteiger partial charge in [-0.15, -0.1) is 11.3 Å². The summed E-state index contributed by atoms with van der Waals surface area (Å²) in [5.41, 5.74) is 1.52. The first-order chi connectivity index (χ1) is 13.9. The number of nitrogens with one attached hydrogen (secondary N) is 2. The van der Waals surface area contributed by atoms with Crippen molar-refractivity contribution in [2.45, 2.75) is 37.1 Å². The summed E-state index contributed by atoms with van der Waals surface area (Å²) in [4.78, 5) is 25.2. The number of sulfonamides is 1. The number of piperidine rings is 1. The normalized spacial score (nSPS) is 18.1. The van der Waals surface area contributed by atoms with Crippen LogP contribution in [-0.2, 0) is 32.6 Å². The lowest BCUT2D eigenvalue weighted by Gasteiger charge is -2.31. The molecule has 0 aliphatic carbocycles. The van der Waals surface area contributed by atoms with Gasteiger partial charge in [0.2, 0.25) is 21.8 Å². The van der Waals surface area contributed by atoms with Crippen LogP contribution in [0.15, 0.2) is 40.6 Å². The Morgan fingerprint density at radius 1 is 1.21 bits per heavy atom. The second kappa shape index (κ2) is 8.25. The van der Waals surface area contributed by atoms with Crippen molar-refractivity contribution < 1.29 is 18.0 Å². The van der Waals surface area contributed by atoms with Crippen molar-refractivity contribution in [3.05, 3.63) is 46.2 Å². The third-order valence-electron chi connectivity index (χ3n) is 5.45. The molecule has 4 rings (SSSR count). The number of hydrogen-bond acceptors (Lipinski definition) is 5. The van der Waals surface area contributed by atoms with Crippen LogP contribution >= 0.6 is 11.3 Å². The number of carbonyl (C=O) groups is 2. The fourth-order valence-electron chi connectivity index (χ4n) is 3.76. The lowest BCUT2D eigenvalue weighted by molar-refractivity contribution is -0.126. The minimum absolute atomic E-state index is 0.0139. The van der Waals surface area contributed by atoms with Crippen LogP contribution in [0.1, 0.15) is 29.7 Å². The number of nitrogens with zero attached hydrogens (tertiary/aromatic N) is 1. The maximum atomic E-state index is 13.0. The topological polar surface area (TPSA) is 95.6 Å². The largest absolute Gasteiger partial charge is 0.351 e. The summed E-state index contributed by atoms with van der Waals surface area (Å²) in [5, 5.41) is 7.69. The zero-order valence-electron chi connectivity index (χ0n) is 15.9. The van der Waals surface area contributed by atoms with E-state index in [1.54, 1.807) is 29.5 Å². The molecule has 0 saturated carbocycles. The monoisotopic (exact) mass is 433 g/mol. The number of amides is 2. The van der Waals surface area contributed by atoms with Gasteiger partial charge in [0.15, 0.2) is 0 Å². The average molecular weight is 434 g/mol. The number of thiophene rings is 1. The first-order valence-electron chi connectivity index (χ1n) is 9.66. The smallest absolute Gasteiger partial charge is 0.243 e. The predicted octanol–water partition coefficient (Wildman–Crippen LogP) is 2.35. The number of benzene rings is 1. The second-order valence-electron chi connectivity index (χ2n) is 7.34. The van der Waals surface area contributed by atoms with Crippen LogP contribution in [0.2, 0.25) is 0 Å². The summed E-state index contributed by atoms with van der Waals surface area (Å²) in [6, 6.07) is 8.78. The molecule has 9 heteroatoms. The van der Waals surface area contributed by atoms with Gasteiger partial charge >= 0.3 is 0 Å². The molecule has 1 saturated heterocycles. The van der Waals surface area contributed by atoms with Crippen LogP contribution in [0, 0.1) is 5.92 Å². The van der Waals surface area contributed by atoms with Gasteiger partial charge in [0.25, 0.3) is 0 Å². The van der Waals surface area contributed by atoms with Crippen molar-refractivity contribution in [2.24, 2.45) is 5.92 Å². The Hall–Kier alpha value is -2.23. The average Bonchev–Trinajstić information content (AvgIpc) is 3.25. The van der Waals surface area contributed by atoms with Crippen LogP contribution in [0.5, 0.6) is 0 Å². The number of hydrogen-bond donors (Lipinski definition) is 2. The summed E-state index contributed by atoms with van der Waals surface area (Å²) in [6.45, 7) is 1.17. The molecule has 2 amide bonds. The van der Waals surface area contributed by atoms with Gasteiger partial charge in [-0.25, -0.2) is 8.42 Å². The van der Waals surface area contributed by atoms with Gasteiger partial charge in [-0.05, 0) is 54.5 Å². The van der Waals surface area contributed by atoms with Gasteiger partial charge < -0.3 is 10.6 Å². The fraction of sp³-hybridized carbons (Fsp3) is 0.400. The van der Waals surface area contributed by atoms with Crippen molar-refractivity contribution >= 4 is 38.9 Å². The highest BCUT2D eigenvalue weighted by atomic mass is 32.2. The number of anilines is 1. The molecule has 2 aromatic rings. The Labute approximate surface area is 174 Å². The van der Waals surface area contributed by atoms with Gasteiger partial charge in [0.1, 0.15) is 0 Å². The SMILES string of the molecule is O=C1CCc2cc(S(=O)(=O)N3CCC(C(=O)NCc4cccs4)CC3)ccc2N1. The van der Waals surface area contributed by atoms with Crippen LogP contribution in [0.25, 0.3) is 0 Å². The van der Waals surface area contributed by atoms with Gasteiger partial charge in [0, 0.05) is 36.0 Å². The number of rotatable bonds is 5. The Bertz CT molecular complexity index is 1010. The van der Waals surface area contributed by atoms with Crippen molar-refractivity contribution in [3.63, 3.8) is 0 Å². The van der Waals surface area contributed by atoms with Crippen molar-refractivity contribution in [1.29, 1.82) is 0 Å². The Morgan fingerprint density at radius 2 is 2.00 bits per heavy atom. The molecule has 7 nitrogen and oxygen atoms in total. The van der Waals surface area contributed by atoms with E-state index in [0.717, 1.165) is 10.4 Å². The molecule has 1 aromatic heterocycles. The molecule has 154 valence electrons. The summed E-state index contributed by atoms with van der Waals surface area (Å²) in [6.07, 6.45) is 1.92. The lowest BCUT2D eigenvalue weighted by Crippen LogP contribution is -2.42. The van der Waals surface area contributed by atoms with E-state index in [1.807, 2.05) is 17.5 Å². The third-order valence-corrected chi connectivity index (χ3v) is 8.22. The van der Waals surface area contributed by atoms with Crippen molar-refractivity contribution in [1.82, 2.24) is 9.62 Å². The van der Waals surface area contributed by atoms with E-state index in [1.165, 1.54) is 4.31 Å². The molecule has 2 aliphatic heterocycles. The summed E-state index contributed by atoms with van der Waals surface area (Å²) in [7, 11) is -3.62. The van der Waals surface area contributed by atoms with E-state index in [2.05, 4.69) is 10.6 Å². The Kier molecular flexibility index (Phi) is 5.71. The van der Waals surface area contributed by atoms with E-state index in [4.69, 9.17) is 0 Å². The van der Waals surface area contributed by atoms with Gasteiger partial charge in [-0.2, -0.15) is 4.31 Å². The lowest BCUT2D eigenvalue weighted by atomic mass is 9.97. The number of aryl methyl sites for hydroxylation is 1. The standard InChI is InChI=1S/C20H23N3O4S2/c24-19-6-3-15-12-17(4-5-18(15)22-19)29(26,27)23-9-7-14(8-10-23)20(25)21-13-16-2-1-11-28-16/h1-2,4-5,11-12,14H,3,6-10,13H2,(H,21,25)(H,22,24). The highest BCUT2D eigenvalue weighted by molar-refractivity contribution is 7.89. The summed E-state index contributed by atoms with van der Waals surface area (Å²) >= 11 is 1.60. The van der Waals surface area contributed by atoms with Gasteiger partial charge in [0.05, 0.1) is 11.4 Å². The first-order valence-corrected chi connectivity index (χ1v) is 12.0.